The van der Waals surface area contributed by atoms with Gasteiger partial charge in [0.05, 0.1) is 16.9 Å². The number of aliphatic hydroxyl groups is 1. The van der Waals surface area contributed by atoms with Gasteiger partial charge in [0.15, 0.2) is 11.6 Å². The Bertz CT molecular complexity index is 1460. The molecule has 0 atom stereocenters. The van der Waals surface area contributed by atoms with Crippen molar-refractivity contribution in [2.45, 2.75) is 43.3 Å². The summed E-state index contributed by atoms with van der Waals surface area (Å²) in [6.07, 6.45) is 6.04. The molecule has 196 valence electrons. The van der Waals surface area contributed by atoms with Crippen LogP contribution in [0.3, 0.4) is 0 Å². The minimum atomic E-state index is -0.383. The number of anilines is 2. The first-order chi connectivity index (χ1) is 18.4. The zero-order valence-corrected chi connectivity index (χ0v) is 22.0. The predicted molar refractivity (Wildman–Crippen MR) is 148 cm³/mol. The highest BCUT2D eigenvalue weighted by molar-refractivity contribution is 7.99. The van der Waals surface area contributed by atoms with Gasteiger partial charge in [-0.05, 0) is 53.5 Å². The third-order valence-corrected chi connectivity index (χ3v) is 8.57. The molecule has 3 heterocycles. The number of ether oxygens (including phenoxy) is 1. The van der Waals surface area contributed by atoms with E-state index in [1.165, 1.54) is 11.8 Å². The van der Waals surface area contributed by atoms with E-state index in [1.807, 2.05) is 36.5 Å². The maximum absolute atomic E-state index is 15.9. The molecule has 2 aromatic carbocycles. The minimum Gasteiger partial charge on any atom is -0.508 e. The summed E-state index contributed by atoms with van der Waals surface area (Å²) < 4.78 is 23.9. The van der Waals surface area contributed by atoms with Crippen molar-refractivity contribution in [2.75, 3.05) is 29.1 Å². The van der Waals surface area contributed by atoms with E-state index in [2.05, 4.69) is 38.9 Å². The highest BCUT2D eigenvalue weighted by Gasteiger charge is 2.48. The molecule has 0 radical (unpaired) electrons. The fourth-order valence-corrected chi connectivity index (χ4v) is 6.49. The van der Waals surface area contributed by atoms with E-state index in [4.69, 9.17) is 4.74 Å². The summed E-state index contributed by atoms with van der Waals surface area (Å²) in [5.74, 6) is 0.640. The molecule has 0 unspecified atom stereocenters. The molecular formula is C28H29FN6O2S. The minimum absolute atomic E-state index is 0.0706. The zero-order chi connectivity index (χ0) is 26.4. The van der Waals surface area contributed by atoms with E-state index >= 15 is 4.39 Å². The number of tetrazole rings is 1. The number of hydrogen-bond donors (Lipinski definition) is 2. The van der Waals surface area contributed by atoms with Crippen LogP contribution in [0, 0.1) is 12.7 Å². The molecule has 38 heavy (non-hydrogen) atoms. The summed E-state index contributed by atoms with van der Waals surface area (Å²) in [5, 5.41) is 26.3. The first-order valence-electron chi connectivity index (χ1n) is 12.7. The standard InChI is InChI=1S/C28H29FN6O2S/c1-17-21(19(3)36)15-34-25-22(17)18(2)23(29)24(26(25)37-16-28(34)11-7-8-12-28)30-13-14-38-27-31-32-33-35(27)20-9-5-4-6-10-20/h4-6,9-10,15,30,36H,1,3,7-8,11-14,16H2,2H3. The van der Waals surface area contributed by atoms with Crippen LogP contribution < -0.4 is 15.0 Å². The number of aliphatic hydroxyl groups excluding tert-OH is 1. The molecule has 1 aromatic heterocycles. The van der Waals surface area contributed by atoms with Gasteiger partial charge in [0.1, 0.15) is 18.1 Å². The summed E-state index contributed by atoms with van der Waals surface area (Å²) in [6, 6.07) is 9.68. The third kappa shape index (κ3) is 3.86. The van der Waals surface area contributed by atoms with Gasteiger partial charge in [-0.2, -0.15) is 4.68 Å². The Morgan fingerprint density at radius 1 is 1.26 bits per heavy atom. The topological polar surface area (TPSA) is 88.3 Å². The number of fused-ring (bicyclic) bond motifs is 1. The number of hydrogen-bond acceptors (Lipinski definition) is 8. The Balaban J connectivity index is 1.29. The number of halogens is 1. The van der Waals surface area contributed by atoms with Crippen molar-refractivity contribution in [2.24, 2.45) is 0 Å². The van der Waals surface area contributed by atoms with E-state index in [-0.39, 0.29) is 17.1 Å². The van der Waals surface area contributed by atoms with Crippen LogP contribution in [0.25, 0.3) is 11.3 Å². The molecular weight excluding hydrogens is 503 g/mol. The van der Waals surface area contributed by atoms with Crippen molar-refractivity contribution in [3.63, 3.8) is 0 Å². The van der Waals surface area contributed by atoms with Crippen LogP contribution in [-0.4, -0.2) is 49.8 Å². The van der Waals surface area contributed by atoms with Gasteiger partial charge in [0, 0.05) is 29.6 Å². The van der Waals surface area contributed by atoms with Crippen LogP contribution in [0.2, 0.25) is 0 Å². The van der Waals surface area contributed by atoms with E-state index in [9.17, 15) is 5.11 Å². The summed E-state index contributed by atoms with van der Waals surface area (Å²) in [5.41, 5.74) is 4.02. The van der Waals surface area contributed by atoms with Crippen LogP contribution in [-0.2, 0) is 0 Å². The van der Waals surface area contributed by atoms with Gasteiger partial charge >= 0.3 is 0 Å². The molecule has 0 bridgehead atoms. The van der Waals surface area contributed by atoms with Gasteiger partial charge in [0.25, 0.3) is 0 Å². The van der Waals surface area contributed by atoms with Crippen molar-refractivity contribution in [3.05, 3.63) is 78.0 Å². The molecule has 1 spiro atoms. The lowest BCUT2D eigenvalue weighted by molar-refractivity contribution is 0.199. The molecule has 0 saturated heterocycles. The van der Waals surface area contributed by atoms with E-state index in [0.29, 0.717) is 57.8 Å². The first kappa shape index (κ1) is 24.5. The average Bonchev–Trinajstić information content (AvgIpc) is 3.59. The van der Waals surface area contributed by atoms with Gasteiger partial charge in [0.2, 0.25) is 5.16 Å². The monoisotopic (exact) mass is 532 g/mol. The second-order valence-electron chi connectivity index (χ2n) is 9.91. The van der Waals surface area contributed by atoms with Crippen LogP contribution in [0.4, 0.5) is 15.8 Å². The smallest absolute Gasteiger partial charge is 0.214 e. The summed E-state index contributed by atoms with van der Waals surface area (Å²) >= 11 is 1.48. The van der Waals surface area contributed by atoms with E-state index in [1.54, 1.807) is 11.6 Å². The number of benzene rings is 2. The second kappa shape index (κ2) is 9.50. The lowest BCUT2D eigenvalue weighted by atomic mass is 9.84. The molecule has 2 N–H and O–H groups in total. The highest BCUT2D eigenvalue weighted by Crippen LogP contribution is 2.56. The van der Waals surface area contributed by atoms with Crippen molar-refractivity contribution < 1.29 is 14.2 Å². The Hall–Kier alpha value is -3.79. The van der Waals surface area contributed by atoms with Gasteiger partial charge in [-0.3, -0.25) is 0 Å². The normalized spacial score (nSPS) is 17.3. The molecule has 10 heteroatoms. The molecule has 3 aromatic rings. The predicted octanol–water partition coefficient (Wildman–Crippen LogP) is 5.81. The number of aromatic nitrogens is 4. The number of rotatable bonds is 7. The molecule has 8 nitrogen and oxygen atoms in total. The Kier molecular flexibility index (Phi) is 6.14. The summed E-state index contributed by atoms with van der Waals surface area (Å²) in [6.45, 7) is 10.6. The first-order valence-corrected chi connectivity index (χ1v) is 13.7. The number of allylic oxidation sites excluding steroid dienone is 1. The average molecular weight is 533 g/mol. The molecule has 1 aliphatic carbocycles. The van der Waals surface area contributed by atoms with Crippen LogP contribution >= 0.6 is 11.8 Å². The molecule has 3 aliphatic rings. The number of thioether (sulfide) groups is 1. The molecule has 0 amide bonds. The van der Waals surface area contributed by atoms with Gasteiger partial charge in [-0.15, -0.1) is 5.10 Å². The third-order valence-electron chi connectivity index (χ3n) is 7.65. The largest absolute Gasteiger partial charge is 0.508 e. The number of nitrogens with zero attached hydrogens (tertiary/aromatic N) is 5. The molecule has 2 aliphatic heterocycles. The summed E-state index contributed by atoms with van der Waals surface area (Å²) in [4.78, 5) is 2.19. The van der Waals surface area contributed by atoms with Gasteiger partial charge < -0.3 is 20.1 Å². The highest BCUT2D eigenvalue weighted by atomic mass is 32.2. The zero-order valence-electron chi connectivity index (χ0n) is 21.2. The molecule has 6 rings (SSSR count). The van der Waals surface area contributed by atoms with Crippen molar-refractivity contribution in [1.29, 1.82) is 0 Å². The quantitative estimate of drug-likeness (QED) is 0.224. The summed E-state index contributed by atoms with van der Waals surface area (Å²) in [7, 11) is 0. The maximum atomic E-state index is 15.9. The Morgan fingerprint density at radius 3 is 2.76 bits per heavy atom. The SMILES string of the molecule is C=C(O)C1=CN2c3c(c(NCCSc4nnnn4-c4ccccc4)c(F)c(C)c3C1=C)OCC21CCCC1. The van der Waals surface area contributed by atoms with E-state index < -0.39 is 0 Å². The lowest BCUT2D eigenvalue weighted by Gasteiger charge is -2.48. The fourth-order valence-electron chi connectivity index (χ4n) is 5.75. The molecule has 1 saturated carbocycles. The number of para-hydroxylation sites is 1. The lowest BCUT2D eigenvalue weighted by Crippen LogP contribution is -2.52. The van der Waals surface area contributed by atoms with Gasteiger partial charge in [-0.25, -0.2) is 4.39 Å². The fraction of sp³-hybridized carbons (Fsp3) is 0.321. The van der Waals surface area contributed by atoms with Crippen LogP contribution in [0.1, 0.15) is 36.8 Å². The van der Waals surface area contributed by atoms with E-state index in [0.717, 1.165) is 37.1 Å². The Labute approximate surface area is 224 Å². The second-order valence-corrected chi connectivity index (χ2v) is 11.0. The Morgan fingerprint density at radius 2 is 2.03 bits per heavy atom. The van der Waals surface area contributed by atoms with Gasteiger partial charge in [-0.1, -0.05) is 56.0 Å². The van der Waals surface area contributed by atoms with Crippen molar-refractivity contribution in [3.8, 4) is 11.4 Å². The number of nitrogens with one attached hydrogen (secondary N) is 1. The van der Waals surface area contributed by atoms with Crippen LogP contribution in [0.5, 0.6) is 5.75 Å². The molecule has 1 fully saturated rings. The maximum Gasteiger partial charge on any atom is 0.214 e. The van der Waals surface area contributed by atoms with Crippen molar-refractivity contribution in [1.82, 2.24) is 20.2 Å². The van der Waals surface area contributed by atoms with Crippen LogP contribution in [0.15, 0.2) is 66.2 Å². The van der Waals surface area contributed by atoms with Crippen molar-refractivity contribution >= 4 is 28.7 Å².